The summed E-state index contributed by atoms with van der Waals surface area (Å²) in [4.78, 5) is 22.6. The van der Waals surface area contributed by atoms with Gasteiger partial charge in [0.05, 0.1) is 11.8 Å². The van der Waals surface area contributed by atoms with Crippen LogP contribution in [0.25, 0.3) is 0 Å². The van der Waals surface area contributed by atoms with E-state index in [1.165, 1.54) is 19.3 Å². The second kappa shape index (κ2) is 4.72. The predicted molar refractivity (Wildman–Crippen MR) is 67.9 cm³/mol. The lowest BCUT2D eigenvalue weighted by Crippen LogP contribution is -2.61. The van der Waals surface area contributed by atoms with Gasteiger partial charge in [-0.3, -0.25) is 0 Å². The highest BCUT2D eigenvalue weighted by Crippen LogP contribution is 2.55. The number of nitroso groups, excluding NO2 is 1. The lowest BCUT2D eigenvalue weighted by atomic mass is 9.53. The van der Waals surface area contributed by atoms with Crippen LogP contribution >= 0.6 is 0 Å². The molecule has 0 unspecified atom stereocenters. The molecule has 106 valence electrons. The highest BCUT2D eigenvalue weighted by atomic mass is 19.1. The van der Waals surface area contributed by atoms with Crippen molar-refractivity contribution in [1.82, 2.24) is 10.3 Å². The first-order valence-corrected chi connectivity index (χ1v) is 7.13. The number of alkyl halides is 1. The van der Waals surface area contributed by atoms with E-state index in [9.17, 15) is 14.1 Å². The summed E-state index contributed by atoms with van der Waals surface area (Å²) in [5.41, 5.74) is -0.162. The van der Waals surface area contributed by atoms with Gasteiger partial charge in [0.1, 0.15) is 6.67 Å². The second-order valence-electron chi connectivity index (χ2n) is 6.52. The van der Waals surface area contributed by atoms with Gasteiger partial charge in [0, 0.05) is 5.54 Å². The molecule has 4 bridgehead atoms. The van der Waals surface area contributed by atoms with Crippen molar-refractivity contribution in [3.05, 3.63) is 4.91 Å². The van der Waals surface area contributed by atoms with Crippen molar-refractivity contribution >= 4 is 6.03 Å². The van der Waals surface area contributed by atoms with Crippen LogP contribution in [0.2, 0.25) is 0 Å². The molecule has 4 rings (SSSR count). The monoisotopic (exact) mass is 269 g/mol. The van der Waals surface area contributed by atoms with E-state index < -0.39 is 12.7 Å². The molecule has 6 heteroatoms. The fourth-order valence-electron chi connectivity index (χ4n) is 4.81. The van der Waals surface area contributed by atoms with Crippen molar-refractivity contribution in [3.63, 3.8) is 0 Å². The van der Waals surface area contributed by atoms with Crippen LogP contribution in [0, 0.1) is 22.7 Å². The molecular formula is C13H20FN3O2. The number of rotatable bonds is 4. The fraction of sp³-hybridized carbons (Fsp3) is 0.923. The molecule has 4 fully saturated rings. The van der Waals surface area contributed by atoms with Crippen LogP contribution in [-0.2, 0) is 0 Å². The first kappa shape index (κ1) is 12.8. The summed E-state index contributed by atoms with van der Waals surface area (Å²) in [5, 5.41) is 6.26. The Morgan fingerprint density at radius 2 is 1.74 bits per heavy atom. The second-order valence-corrected chi connectivity index (χ2v) is 6.52. The number of hydrogen-bond acceptors (Lipinski definition) is 3. The minimum Gasteiger partial charge on any atom is -0.331 e. The molecule has 0 saturated heterocycles. The average molecular weight is 269 g/mol. The number of nitrogens with zero attached hydrogens (tertiary/aromatic N) is 2. The Bertz CT molecular complexity index is 353. The molecule has 5 nitrogen and oxygen atoms in total. The quantitative estimate of drug-likeness (QED) is 0.630. The Hall–Kier alpha value is -1.20. The van der Waals surface area contributed by atoms with Crippen LogP contribution in [0.3, 0.4) is 0 Å². The van der Waals surface area contributed by atoms with Crippen molar-refractivity contribution in [2.45, 2.75) is 44.1 Å². The Balaban J connectivity index is 1.68. The molecule has 0 spiro atoms. The van der Waals surface area contributed by atoms with Crippen molar-refractivity contribution in [2.24, 2.45) is 23.0 Å². The van der Waals surface area contributed by atoms with E-state index >= 15 is 0 Å². The topological polar surface area (TPSA) is 61.8 Å². The van der Waals surface area contributed by atoms with E-state index in [-0.39, 0.29) is 12.1 Å². The highest BCUT2D eigenvalue weighted by molar-refractivity contribution is 5.74. The first-order chi connectivity index (χ1) is 9.14. The summed E-state index contributed by atoms with van der Waals surface area (Å²) in [5.74, 6) is 2.14. The van der Waals surface area contributed by atoms with Crippen molar-refractivity contribution in [1.29, 1.82) is 0 Å². The summed E-state index contributed by atoms with van der Waals surface area (Å²) < 4.78 is 12.3. The smallest absolute Gasteiger partial charge is 0.331 e. The van der Waals surface area contributed by atoms with E-state index in [0.29, 0.717) is 22.8 Å². The van der Waals surface area contributed by atoms with E-state index in [4.69, 9.17) is 0 Å². The molecule has 4 aliphatic rings. The van der Waals surface area contributed by atoms with Gasteiger partial charge in [0.2, 0.25) is 0 Å². The molecule has 0 radical (unpaired) electrons. The summed E-state index contributed by atoms with van der Waals surface area (Å²) in [6, 6.07) is -0.533. The van der Waals surface area contributed by atoms with Gasteiger partial charge in [-0.05, 0) is 56.3 Å². The minimum absolute atomic E-state index is 0.162. The van der Waals surface area contributed by atoms with Crippen molar-refractivity contribution in [2.75, 3.05) is 13.2 Å². The Morgan fingerprint density at radius 3 is 2.16 bits per heavy atom. The summed E-state index contributed by atoms with van der Waals surface area (Å²) in [6.45, 7) is -1.01. The van der Waals surface area contributed by atoms with Crippen LogP contribution in [0.5, 0.6) is 0 Å². The maximum absolute atomic E-state index is 12.3. The molecule has 0 aromatic carbocycles. The van der Waals surface area contributed by atoms with Crippen LogP contribution in [-0.4, -0.2) is 29.8 Å². The van der Waals surface area contributed by atoms with Gasteiger partial charge < -0.3 is 5.32 Å². The van der Waals surface area contributed by atoms with Crippen LogP contribution < -0.4 is 5.32 Å². The molecule has 0 aromatic heterocycles. The minimum atomic E-state index is -0.750. The van der Waals surface area contributed by atoms with Crippen LogP contribution in [0.4, 0.5) is 9.18 Å². The number of carbonyl (C=O) groups is 1. The molecular weight excluding hydrogens is 249 g/mol. The molecule has 0 heterocycles. The molecule has 4 saturated carbocycles. The molecule has 0 aliphatic heterocycles. The summed E-state index contributed by atoms with van der Waals surface area (Å²) in [7, 11) is 0. The Kier molecular flexibility index (Phi) is 3.19. The number of urea groups is 1. The maximum Gasteiger partial charge on any atom is 0.340 e. The third-order valence-electron chi connectivity index (χ3n) is 5.04. The highest BCUT2D eigenvalue weighted by Gasteiger charge is 2.51. The van der Waals surface area contributed by atoms with E-state index in [0.717, 1.165) is 19.3 Å². The van der Waals surface area contributed by atoms with Gasteiger partial charge in [0.15, 0.2) is 0 Å². The number of nitrogens with one attached hydrogen (secondary N) is 1. The molecule has 1 N–H and O–H groups in total. The zero-order chi connectivity index (χ0) is 13.5. The zero-order valence-electron chi connectivity index (χ0n) is 11.0. The van der Waals surface area contributed by atoms with Gasteiger partial charge >= 0.3 is 6.03 Å². The van der Waals surface area contributed by atoms with Crippen LogP contribution in [0.15, 0.2) is 5.29 Å². The third-order valence-corrected chi connectivity index (χ3v) is 5.04. The number of carbonyl (C=O) groups excluding carboxylic acids is 1. The molecule has 4 aliphatic carbocycles. The van der Waals surface area contributed by atoms with Gasteiger partial charge in [-0.2, -0.15) is 5.01 Å². The average Bonchev–Trinajstić information content (AvgIpc) is 2.33. The summed E-state index contributed by atoms with van der Waals surface area (Å²) in [6.07, 6.45) is 6.88. The van der Waals surface area contributed by atoms with Crippen LogP contribution in [0.1, 0.15) is 38.5 Å². The van der Waals surface area contributed by atoms with E-state index in [2.05, 4.69) is 10.6 Å². The number of hydrogen-bond donors (Lipinski definition) is 1. The maximum atomic E-state index is 12.3. The van der Waals surface area contributed by atoms with Gasteiger partial charge in [-0.15, -0.1) is 4.91 Å². The molecule has 0 aromatic rings. The van der Waals surface area contributed by atoms with Gasteiger partial charge in [-0.1, -0.05) is 0 Å². The first-order valence-electron chi connectivity index (χ1n) is 7.13. The Labute approximate surface area is 111 Å². The lowest BCUT2D eigenvalue weighted by Gasteiger charge is -2.56. The molecule has 2 amide bonds. The standard InChI is InChI=1S/C13H20FN3O2/c14-1-2-17(16-19)12(18)15-13-6-9-3-10(7-13)5-11(4-9)8-13/h9-11H,1-8H2,(H,15,18). The van der Waals surface area contributed by atoms with Gasteiger partial charge in [0.25, 0.3) is 0 Å². The SMILES string of the molecule is O=NN(CCF)C(=O)NC12CC3CC(CC(C3)C1)C2. The fourth-order valence-corrected chi connectivity index (χ4v) is 4.81. The van der Waals surface area contributed by atoms with E-state index in [1.807, 2.05) is 0 Å². The van der Waals surface area contributed by atoms with Crippen molar-refractivity contribution in [3.8, 4) is 0 Å². The normalized spacial score (nSPS) is 39.1. The summed E-state index contributed by atoms with van der Waals surface area (Å²) >= 11 is 0. The third kappa shape index (κ3) is 2.32. The van der Waals surface area contributed by atoms with Gasteiger partial charge in [-0.25, -0.2) is 9.18 Å². The lowest BCUT2D eigenvalue weighted by molar-refractivity contribution is -0.0157. The zero-order valence-corrected chi connectivity index (χ0v) is 11.0. The van der Waals surface area contributed by atoms with Crippen molar-refractivity contribution < 1.29 is 9.18 Å². The molecule has 19 heavy (non-hydrogen) atoms. The number of halogens is 1. The molecule has 0 atom stereocenters. The largest absolute Gasteiger partial charge is 0.340 e. The predicted octanol–water partition coefficient (Wildman–Crippen LogP) is 2.62. The van der Waals surface area contributed by atoms with E-state index in [1.54, 1.807) is 0 Å². The number of amides is 2. The Morgan fingerprint density at radius 1 is 1.21 bits per heavy atom.